The van der Waals surface area contributed by atoms with Crippen molar-refractivity contribution in [2.24, 2.45) is 29.6 Å². The average molecular weight is 234 g/mol. The van der Waals surface area contributed by atoms with E-state index in [9.17, 15) is 0 Å². The van der Waals surface area contributed by atoms with E-state index in [-0.39, 0.29) is 0 Å². The third-order valence-electron chi connectivity index (χ3n) is 6.26. The normalized spacial score (nSPS) is 46.1. The summed E-state index contributed by atoms with van der Waals surface area (Å²) in [6.07, 6.45) is 17.1. The molecule has 5 unspecified atom stereocenters. The van der Waals surface area contributed by atoms with E-state index in [1.54, 1.807) is 51.4 Å². The van der Waals surface area contributed by atoms with E-state index in [0.29, 0.717) is 0 Å². The SMILES string of the molecule is CCCC1CC2CCCCC2C2CCCCC12. The topological polar surface area (TPSA) is 0 Å². The Balaban J connectivity index is 1.76. The Bertz CT molecular complexity index is 244. The first-order valence-electron chi connectivity index (χ1n) is 8.40. The molecule has 0 radical (unpaired) electrons. The molecule has 0 heterocycles. The summed E-state index contributed by atoms with van der Waals surface area (Å²) in [6.45, 7) is 2.39. The Morgan fingerprint density at radius 1 is 0.765 bits per heavy atom. The minimum absolute atomic E-state index is 1.12. The highest BCUT2D eigenvalue weighted by Gasteiger charge is 2.44. The zero-order chi connectivity index (χ0) is 11.7. The van der Waals surface area contributed by atoms with Crippen molar-refractivity contribution >= 4 is 0 Å². The van der Waals surface area contributed by atoms with Crippen LogP contribution in [0.3, 0.4) is 0 Å². The number of fused-ring (bicyclic) bond motifs is 3. The van der Waals surface area contributed by atoms with Crippen molar-refractivity contribution in [3.05, 3.63) is 0 Å². The van der Waals surface area contributed by atoms with Gasteiger partial charge in [-0.3, -0.25) is 0 Å². The molecule has 0 aromatic carbocycles. The summed E-state index contributed by atoms with van der Waals surface area (Å²) in [4.78, 5) is 0. The first-order chi connectivity index (χ1) is 8.40. The van der Waals surface area contributed by atoms with Crippen LogP contribution in [0.25, 0.3) is 0 Å². The molecule has 0 aromatic heterocycles. The van der Waals surface area contributed by atoms with Crippen LogP contribution in [0.4, 0.5) is 0 Å². The van der Waals surface area contributed by atoms with Crippen LogP contribution in [-0.4, -0.2) is 0 Å². The molecule has 3 aliphatic rings. The molecule has 5 atom stereocenters. The van der Waals surface area contributed by atoms with Crippen LogP contribution in [-0.2, 0) is 0 Å². The van der Waals surface area contributed by atoms with Gasteiger partial charge in [0, 0.05) is 0 Å². The second-order valence-corrected chi connectivity index (χ2v) is 7.11. The Kier molecular flexibility index (Phi) is 3.78. The van der Waals surface area contributed by atoms with Crippen molar-refractivity contribution in [2.75, 3.05) is 0 Å². The third kappa shape index (κ3) is 2.29. The van der Waals surface area contributed by atoms with Crippen molar-refractivity contribution in [2.45, 2.75) is 77.6 Å². The van der Waals surface area contributed by atoms with Crippen molar-refractivity contribution < 1.29 is 0 Å². The van der Waals surface area contributed by atoms with Crippen molar-refractivity contribution in [3.8, 4) is 0 Å². The van der Waals surface area contributed by atoms with Crippen molar-refractivity contribution in [3.63, 3.8) is 0 Å². The summed E-state index contributed by atoms with van der Waals surface area (Å²) in [5.74, 6) is 5.70. The summed E-state index contributed by atoms with van der Waals surface area (Å²) in [7, 11) is 0. The second-order valence-electron chi connectivity index (χ2n) is 7.11. The molecule has 17 heavy (non-hydrogen) atoms. The molecule has 0 saturated heterocycles. The molecular formula is C17H30. The molecular weight excluding hydrogens is 204 g/mol. The molecule has 0 aromatic rings. The lowest BCUT2D eigenvalue weighted by Gasteiger charge is -2.52. The number of hydrogen-bond acceptors (Lipinski definition) is 0. The van der Waals surface area contributed by atoms with Gasteiger partial charge in [0.05, 0.1) is 0 Å². The van der Waals surface area contributed by atoms with Crippen LogP contribution in [0, 0.1) is 29.6 Å². The molecule has 0 N–H and O–H groups in total. The average Bonchev–Trinajstić information content (AvgIpc) is 2.39. The van der Waals surface area contributed by atoms with Gasteiger partial charge >= 0.3 is 0 Å². The van der Waals surface area contributed by atoms with Gasteiger partial charge in [-0.25, -0.2) is 0 Å². The Labute approximate surface area is 108 Å². The van der Waals surface area contributed by atoms with Gasteiger partial charge in [0.25, 0.3) is 0 Å². The maximum absolute atomic E-state index is 2.39. The van der Waals surface area contributed by atoms with E-state index in [4.69, 9.17) is 0 Å². The predicted molar refractivity (Wildman–Crippen MR) is 73.9 cm³/mol. The number of hydrogen-bond donors (Lipinski definition) is 0. The van der Waals surface area contributed by atoms with Gasteiger partial charge in [0.15, 0.2) is 0 Å². The van der Waals surface area contributed by atoms with Crippen molar-refractivity contribution in [1.29, 1.82) is 0 Å². The predicted octanol–water partition coefficient (Wildman–Crippen LogP) is 5.42. The zero-order valence-electron chi connectivity index (χ0n) is 11.7. The first-order valence-corrected chi connectivity index (χ1v) is 8.40. The molecule has 0 amide bonds. The van der Waals surface area contributed by atoms with E-state index in [0.717, 1.165) is 29.6 Å². The maximum Gasteiger partial charge on any atom is -0.0352 e. The third-order valence-corrected chi connectivity index (χ3v) is 6.26. The summed E-state index contributed by atoms with van der Waals surface area (Å²) >= 11 is 0. The van der Waals surface area contributed by atoms with Crippen LogP contribution in [0.5, 0.6) is 0 Å². The van der Waals surface area contributed by atoms with Crippen LogP contribution in [0.15, 0.2) is 0 Å². The van der Waals surface area contributed by atoms with Gasteiger partial charge in [-0.05, 0) is 55.3 Å². The minimum atomic E-state index is 1.12. The fourth-order valence-corrected chi connectivity index (χ4v) is 5.66. The molecule has 0 aliphatic heterocycles. The fourth-order valence-electron chi connectivity index (χ4n) is 5.66. The lowest BCUT2D eigenvalue weighted by atomic mass is 9.54. The zero-order valence-corrected chi connectivity index (χ0v) is 11.7. The molecule has 0 nitrogen and oxygen atoms in total. The van der Waals surface area contributed by atoms with Gasteiger partial charge in [0.2, 0.25) is 0 Å². The van der Waals surface area contributed by atoms with E-state index in [1.165, 1.54) is 19.3 Å². The standard InChI is InChI=1S/C17H30/c1-2-7-13-12-14-8-3-4-9-16(14)17-11-6-5-10-15(13)17/h13-17H,2-12H2,1H3. The van der Waals surface area contributed by atoms with E-state index < -0.39 is 0 Å². The van der Waals surface area contributed by atoms with Gasteiger partial charge in [-0.1, -0.05) is 51.9 Å². The van der Waals surface area contributed by atoms with Gasteiger partial charge in [0.1, 0.15) is 0 Å². The van der Waals surface area contributed by atoms with Crippen LogP contribution in [0.2, 0.25) is 0 Å². The van der Waals surface area contributed by atoms with Gasteiger partial charge in [-0.15, -0.1) is 0 Å². The van der Waals surface area contributed by atoms with Crippen LogP contribution in [0.1, 0.15) is 77.6 Å². The first kappa shape index (κ1) is 12.1. The summed E-state index contributed by atoms with van der Waals surface area (Å²) < 4.78 is 0. The Morgan fingerprint density at radius 3 is 2.18 bits per heavy atom. The van der Waals surface area contributed by atoms with E-state index >= 15 is 0 Å². The lowest BCUT2D eigenvalue weighted by molar-refractivity contribution is -0.0175. The highest BCUT2D eigenvalue weighted by molar-refractivity contribution is 4.94. The molecule has 0 heteroatoms. The highest BCUT2D eigenvalue weighted by atomic mass is 14.5. The summed E-state index contributed by atoms with van der Waals surface area (Å²) in [5, 5.41) is 0. The number of rotatable bonds is 2. The van der Waals surface area contributed by atoms with E-state index in [1.807, 2.05) is 0 Å². The second kappa shape index (κ2) is 5.33. The monoisotopic (exact) mass is 234 g/mol. The quantitative estimate of drug-likeness (QED) is 0.598. The van der Waals surface area contributed by atoms with Crippen molar-refractivity contribution in [1.82, 2.24) is 0 Å². The molecule has 3 rings (SSSR count). The molecule has 98 valence electrons. The van der Waals surface area contributed by atoms with Gasteiger partial charge in [-0.2, -0.15) is 0 Å². The van der Waals surface area contributed by atoms with Gasteiger partial charge < -0.3 is 0 Å². The molecule has 3 aliphatic carbocycles. The summed E-state index contributed by atoms with van der Waals surface area (Å²) in [6, 6.07) is 0. The molecule has 3 saturated carbocycles. The Morgan fingerprint density at radius 2 is 1.41 bits per heavy atom. The largest absolute Gasteiger partial charge is 0.0654 e. The van der Waals surface area contributed by atoms with Crippen LogP contribution < -0.4 is 0 Å². The van der Waals surface area contributed by atoms with E-state index in [2.05, 4.69) is 6.92 Å². The lowest BCUT2D eigenvalue weighted by Crippen LogP contribution is -2.43. The molecule has 3 fully saturated rings. The minimum Gasteiger partial charge on any atom is -0.0654 e. The molecule has 0 bridgehead atoms. The maximum atomic E-state index is 2.39. The highest BCUT2D eigenvalue weighted by Crippen LogP contribution is 2.54. The smallest absolute Gasteiger partial charge is 0.0352 e. The van der Waals surface area contributed by atoms with Crippen LogP contribution >= 0.6 is 0 Å². The Hall–Kier alpha value is 0. The molecule has 0 spiro atoms. The fraction of sp³-hybridized carbons (Fsp3) is 1.00. The summed E-state index contributed by atoms with van der Waals surface area (Å²) in [5.41, 5.74) is 0.